The Morgan fingerprint density at radius 1 is 0.967 bits per heavy atom. The highest BCUT2D eigenvalue weighted by Crippen LogP contribution is 2.40. The van der Waals surface area contributed by atoms with E-state index in [4.69, 9.17) is 23.4 Å². The van der Waals surface area contributed by atoms with Crippen molar-refractivity contribution >= 4 is 22.6 Å². The minimum Gasteiger partial charge on any atom is -0.497 e. The van der Waals surface area contributed by atoms with Crippen molar-refractivity contribution in [2.75, 3.05) is 33.8 Å². The van der Waals surface area contributed by atoms with Crippen molar-refractivity contribution in [1.29, 1.82) is 0 Å². The molecule has 8 nitrogen and oxygen atoms in total. The molecule has 1 N–H and O–H groups in total. The van der Waals surface area contributed by atoms with E-state index in [0.29, 0.717) is 39.8 Å². The summed E-state index contributed by atoms with van der Waals surface area (Å²) < 4.78 is 26.4. The van der Waals surface area contributed by atoms with Crippen LogP contribution >= 0.6 is 0 Å². The summed E-state index contributed by atoms with van der Waals surface area (Å²) in [5, 5.41) is 3.50. The Morgan fingerprint density at radius 2 is 1.63 bits per heavy atom. The normalized spacial score (nSPS) is 10.6. The number of amides is 1. The molecule has 1 heterocycles. The third-order valence-corrected chi connectivity index (χ3v) is 4.78. The molecule has 2 aromatic carbocycles. The SMILES string of the molecule is COc1ccc2c(C)c(CC(=O)Nc3cc(OC)c(OC)c(OC)c3)c(=O)oc2c1. The average Bonchev–Trinajstić information content (AvgIpc) is 2.75. The largest absolute Gasteiger partial charge is 0.497 e. The molecule has 0 fully saturated rings. The lowest BCUT2D eigenvalue weighted by Crippen LogP contribution is -2.20. The number of hydrogen-bond donors (Lipinski definition) is 1. The van der Waals surface area contributed by atoms with Gasteiger partial charge in [-0.1, -0.05) is 0 Å². The molecule has 0 bridgehead atoms. The number of hydrogen-bond acceptors (Lipinski definition) is 7. The Bertz CT molecular complexity index is 1130. The molecule has 0 spiro atoms. The van der Waals surface area contributed by atoms with Crippen LogP contribution in [0.15, 0.2) is 39.5 Å². The summed E-state index contributed by atoms with van der Waals surface area (Å²) in [6, 6.07) is 8.44. The summed E-state index contributed by atoms with van der Waals surface area (Å²) in [6.45, 7) is 1.79. The second-order valence-electron chi connectivity index (χ2n) is 6.49. The Hall–Kier alpha value is -3.68. The molecule has 0 atom stereocenters. The lowest BCUT2D eigenvalue weighted by molar-refractivity contribution is -0.115. The van der Waals surface area contributed by atoms with Crippen molar-refractivity contribution in [3.8, 4) is 23.0 Å². The van der Waals surface area contributed by atoms with Gasteiger partial charge in [-0.25, -0.2) is 4.79 Å². The summed E-state index contributed by atoms with van der Waals surface area (Å²) in [5.74, 6) is 1.43. The first-order chi connectivity index (χ1) is 14.4. The van der Waals surface area contributed by atoms with E-state index in [1.54, 1.807) is 37.3 Å². The first kappa shape index (κ1) is 21.0. The van der Waals surface area contributed by atoms with Crippen molar-refractivity contribution in [2.45, 2.75) is 13.3 Å². The summed E-state index contributed by atoms with van der Waals surface area (Å²) in [5.41, 5.74) is 1.27. The van der Waals surface area contributed by atoms with E-state index >= 15 is 0 Å². The van der Waals surface area contributed by atoms with Crippen LogP contribution in [0.4, 0.5) is 5.69 Å². The molecular weight excluding hydrogens is 390 g/mol. The average molecular weight is 413 g/mol. The highest BCUT2D eigenvalue weighted by Gasteiger charge is 2.18. The maximum absolute atomic E-state index is 12.7. The van der Waals surface area contributed by atoms with E-state index in [9.17, 15) is 9.59 Å². The molecule has 0 radical (unpaired) electrons. The van der Waals surface area contributed by atoms with Gasteiger partial charge in [0, 0.05) is 29.3 Å². The fourth-order valence-electron chi connectivity index (χ4n) is 3.22. The maximum Gasteiger partial charge on any atom is 0.340 e. The minimum atomic E-state index is -0.562. The second kappa shape index (κ2) is 8.77. The van der Waals surface area contributed by atoms with Gasteiger partial charge in [-0.15, -0.1) is 0 Å². The third kappa shape index (κ3) is 4.03. The lowest BCUT2D eigenvalue weighted by Gasteiger charge is -2.15. The molecule has 0 aliphatic heterocycles. The van der Waals surface area contributed by atoms with Crippen LogP contribution in [0.25, 0.3) is 11.0 Å². The van der Waals surface area contributed by atoms with Gasteiger partial charge in [0.05, 0.1) is 40.4 Å². The second-order valence-corrected chi connectivity index (χ2v) is 6.49. The predicted octanol–water partition coefficient (Wildman–Crippen LogP) is 3.32. The van der Waals surface area contributed by atoms with Gasteiger partial charge < -0.3 is 28.7 Å². The molecule has 3 rings (SSSR count). The molecule has 3 aromatic rings. The number of ether oxygens (including phenoxy) is 4. The number of methoxy groups -OCH3 is 4. The van der Waals surface area contributed by atoms with Crippen LogP contribution in [0.1, 0.15) is 11.1 Å². The van der Waals surface area contributed by atoms with E-state index in [2.05, 4.69) is 5.32 Å². The van der Waals surface area contributed by atoms with Gasteiger partial charge in [-0.2, -0.15) is 0 Å². The quantitative estimate of drug-likeness (QED) is 0.594. The summed E-state index contributed by atoms with van der Waals surface area (Å²) in [7, 11) is 6.01. The third-order valence-electron chi connectivity index (χ3n) is 4.78. The molecule has 8 heteroatoms. The van der Waals surface area contributed by atoms with Crippen LogP contribution in [-0.4, -0.2) is 34.3 Å². The maximum atomic E-state index is 12.7. The number of nitrogens with one attached hydrogen (secondary N) is 1. The van der Waals surface area contributed by atoms with Crippen LogP contribution in [0.5, 0.6) is 23.0 Å². The highest BCUT2D eigenvalue weighted by molar-refractivity contribution is 5.94. The van der Waals surface area contributed by atoms with Crippen LogP contribution in [0, 0.1) is 6.92 Å². The van der Waals surface area contributed by atoms with Crippen molar-refractivity contribution in [1.82, 2.24) is 0 Å². The molecule has 1 aromatic heterocycles. The molecule has 1 amide bonds. The summed E-state index contributed by atoms with van der Waals surface area (Å²) in [4.78, 5) is 25.1. The van der Waals surface area contributed by atoms with Gasteiger partial charge in [-0.3, -0.25) is 4.79 Å². The number of carbonyl (C=O) groups is 1. The molecule has 0 saturated carbocycles. The zero-order valence-corrected chi connectivity index (χ0v) is 17.5. The van der Waals surface area contributed by atoms with E-state index in [1.807, 2.05) is 0 Å². The predicted molar refractivity (Wildman–Crippen MR) is 112 cm³/mol. The van der Waals surface area contributed by atoms with E-state index in [0.717, 1.165) is 5.39 Å². The summed E-state index contributed by atoms with van der Waals surface area (Å²) >= 11 is 0. The fourth-order valence-corrected chi connectivity index (χ4v) is 3.22. The number of carbonyl (C=O) groups excluding carboxylic acids is 1. The van der Waals surface area contributed by atoms with Crippen LogP contribution < -0.4 is 29.9 Å². The zero-order chi connectivity index (χ0) is 21.8. The number of anilines is 1. The molecule has 0 saturated heterocycles. The number of fused-ring (bicyclic) bond motifs is 1. The number of benzene rings is 2. The Labute approximate surface area is 173 Å². The minimum absolute atomic E-state index is 0.146. The van der Waals surface area contributed by atoms with Crippen molar-refractivity contribution in [3.63, 3.8) is 0 Å². The van der Waals surface area contributed by atoms with Gasteiger partial charge in [0.15, 0.2) is 11.5 Å². The molecule has 0 unspecified atom stereocenters. The van der Waals surface area contributed by atoms with Crippen LogP contribution in [-0.2, 0) is 11.2 Å². The smallest absolute Gasteiger partial charge is 0.340 e. The van der Waals surface area contributed by atoms with E-state index in [1.165, 1.54) is 28.4 Å². The highest BCUT2D eigenvalue weighted by atomic mass is 16.5. The fraction of sp³-hybridized carbons (Fsp3) is 0.273. The molecule has 0 aliphatic rings. The molecule has 0 aliphatic carbocycles. The summed E-state index contributed by atoms with van der Waals surface area (Å²) in [6.07, 6.45) is -0.146. The molecular formula is C22H23NO7. The topological polar surface area (TPSA) is 96.2 Å². The monoisotopic (exact) mass is 413 g/mol. The van der Waals surface area contributed by atoms with Crippen molar-refractivity contribution in [2.24, 2.45) is 0 Å². The molecule has 158 valence electrons. The van der Waals surface area contributed by atoms with Gasteiger partial charge in [0.2, 0.25) is 11.7 Å². The number of rotatable bonds is 7. The van der Waals surface area contributed by atoms with Gasteiger partial charge in [-0.05, 0) is 24.6 Å². The van der Waals surface area contributed by atoms with Crippen LogP contribution in [0.2, 0.25) is 0 Å². The molecule has 30 heavy (non-hydrogen) atoms. The Balaban J connectivity index is 1.90. The zero-order valence-electron chi connectivity index (χ0n) is 17.5. The first-order valence-corrected chi connectivity index (χ1v) is 9.12. The van der Waals surface area contributed by atoms with Gasteiger partial charge in [0.1, 0.15) is 11.3 Å². The van der Waals surface area contributed by atoms with Crippen molar-refractivity contribution < 1.29 is 28.2 Å². The van der Waals surface area contributed by atoms with Gasteiger partial charge in [0.25, 0.3) is 0 Å². The van der Waals surface area contributed by atoms with E-state index in [-0.39, 0.29) is 17.9 Å². The number of aryl methyl sites for hydroxylation is 1. The van der Waals surface area contributed by atoms with Crippen LogP contribution in [0.3, 0.4) is 0 Å². The van der Waals surface area contributed by atoms with Crippen molar-refractivity contribution in [3.05, 3.63) is 51.9 Å². The Kier molecular flexibility index (Phi) is 6.15. The van der Waals surface area contributed by atoms with Gasteiger partial charge >= 0.3 is 5.63 Å². The Morgan fingerprint density at radius 3 is 2.20 bits per heavy atom. The first-order valence-electron chi connectivity index (χ1n) is 9.12. The van der Waals surface area contributed by atoms with E-state index < -0.39 is 5.63 Å². The lowest BCUT2D eigenvalue weighted by atomic mass is 10.0. The standard InChI is InChI=1S/C22H23NO7/c1-12-15-7-6-14(26-2)10-17(15)30-22(25)16(12)11-20(24)23-13-8-18(27-3)21(29-5)19(9-13)28-4/h6-10H,11H2,1-5H3,(H,23,24).